The van der Waals surface area contributed by atoms with E-state index in [1.54, 1.807) is 23.1 Å². The van der Waals surface area contributed by atoms with Crippen molar-refractivity contribution in [2.75, 3.05) is 26.2 Å². The smallest absolute Gasteiger partial charge is 0.254 e. The average Bonchev–Trinajstić information content (AvgIpc) is 3.56. The Balaban J connectivity index is 1.53. The van der Waals surface area contributed by atoms with Crippen molar-refractivity contribution in [2.45, 2.75) is 89.3 Å². The molecule has 1 saturated carbocycles. The Kier molecular flexibility index (Phi) is 12.4. The van der Waals surface area contributed by atoms with Gasteiger partial charge in [0, 0.05) is 41.3 Å². The number of aryl methyl sites for hydroxylation is 1. The lowest BCUT2D eigenvalue weighted by Crippen LogP contribution is -2.51. The SMILES string of the molecule is CCC1(N(CCN)C(=O)c2ccccc2CCC(O)Cc2ccc(Cl)cc2C(=O)N(CCO)C(C)(C)c2ccccc2)CCCC1. The highest BCUT2D eigenvalue weighted by Gasteiger charge is 2.41. The molecule has 4 N–H and O–H groups in total. The highest BCUT2D eigenvalue weighted by molar-refractivity contribution is 6.31. The number of nitrogens with two attached hydrogens (primary N) is 1. The Bertz CT molecular complexity index is 1460. The summed E-state index contributed by atoms with van der Waals surface area (Å²) in [6.45, 7) is 6.95. The zero-order chi connectivity index (χ0) is 33.3. The quantitative estimate of drug-likeness (QED) is 0.178. The van der Waals surface area contributed by atoms with Crippen molar-refractivity contribution in [1.82, 2.24) is 9.80 Å². The number of benzene rings is 3. The summed E-state index contributed by atoms with van der Waals surface area (Å²) in [5.74, 6) is -0.254. The highest BCUT2D eigenvalue weighted by Crippen LogP contribution is 2.39. The predicted octanol–water partition coefficient (Wildman–Crippen LogP) is 6.37. The van der Waals surface area contributed by atoms with Gasteiger partial charge in [-0.3, -0.25) is 9.59 Å². The summed E-state index contributed by atoms with van der Waals surface area (Å²) < 4.78 is 0. The maximum Gasteiger partial charge on any atom is 0.254 e. The summed E-state index contributed by atoms with van der Waals surface area (Å²) in [6, 6.07) is 22.5. The fourth-order valence-corrected chi connectivity index (χ4v) is 7.28. The van der Waals surface area contributed by atoms with Crippen molar-refractivity contribution in [3.63, 3.8) is 0 Å². The lowest BCUT2D eigenvalue weighted by Gasteiger charge is -2.41. The lowest BCUT2D eigenvalue weighted by molar-refractivity contribution is 0.0468. The van der Waals surface area contributed by atoms with E-state index in [0.29, 0.717) is 47.6 Å². The Morgan fingerprint density at radius 3 is 2.26 bits per heavy atom. The molecule has 0 heterocycles. The van der Waals surface area contributed by atoms with Crippen LogP contribution in [0.3, 0.4) is 0 Å². The molecule has 46 heavy (non-hydrogen) atoms. The van der Waals surface area contributed by atoms with Crippen LogP contribution < -0.4 is 5.73 Å². The van der Waals surface area contributed by atoms with Crippen molar-refractivity contribution in [1.29, 1.82) is 0 Å². The summed E-state index contributed by atoms with van der Waals surface area (Å²) in [4.78, 5) is 31.8. The normalized spacial score (nSPS) is 15.0. The molecule has 1 fully saturated rings. The molecular weight excluding hydrogens is 598 g/mol. The molecular formula is C38H50ClN3O4. The fraction of sp³-hybridized carbons (Fsp3) is 0.474. The molecule has 0 bridgehead atoms. The topological polar surface area (TPSA) is 107 Å². The van der Waals surface area contributed by atoms with Gasteiger partial charge in [-0.1, -0.05) is 86.0 Å². The van der Waals surface area contributed by atoms with Gasteiger partial charge in [-0.25, -0.2) is 0 Å². The molecule has 1 aliphatic rings. The van der Waals surface area contributed by atoms with Crippen LogP contribution in [0.1, 0.15) is 96.7 Å². The third-order valence-electron chi connectivity index (χ3n) is 9.84. The van der Waals surface area contributed by atoms with E-state index < -0.39 is 11.6 Å². The largest absolute Gasteiger partial charge is 0.395 e. The minimum atomic E-state index is -0.763. The van der Waals surface area contributed by atoms with Gasteiger partial charge in [-0.15, -0.1) is 0 Å². The van der Waals surface area contributed by atoms with Gasteiger partial charge in [-0.05, 0) is 87.3 Å². The Labute approximate surface area is 279 Å². The van der Waals surface area contributed by atoms with Crippen LogP contribution in [-0.2, 0) is 18.4 Å². The van der Waals surface area contributed by atoms with Crippen molar-refractivity contribution in [3.05, 3.63) is 106 Å². The molecule has 2 amide bonds. The molecule has 8 heteroatoms. The number of carbonyl (C=O) groups is 2. The van der Waals surface area contributed by atoms with E-state index in [1.807, 2.05) is 73.3 Å². The van der Waals surface area contributed by atoms with Crippen LogP contribution in [0, 0.1) is 0 Å². The highest BCUT2D eigenvalue weighted by atomic mass is 35.5. The summed E-state index contributed by atoms with van der Waals surface area (Å²) in [5.41, 5.74) is 8.71. The summed E-state index contributed by atoms with van der Waals surface area (Å²) >= 11 is 6.39. The molecule has 1 atom stereocenters. The van der Waals surface area contributed by atoms with E-state index in [1.165, 1.54) is 0 Å². The second kappa shape index (κ2) is 16.1. The van der Waals surface area contributed by atoms with Crippen LogP contribution in [0.15, 0.2) is 72.8 Å². The van der Waals surface area contributed by atoms with E-state index in [9.17, 15) is 19.8 Å². The first-order valence-electron chi connectivity index (χ1n) is 16.6. The minimum absolute atomic E-state index is 0.00915. The number of aliphatic hydroxyl groups excluding tert-OH is 2. The van der Waals surface area contributed by atoms with Gasteiger partial charge in [0.05, 0.1) is 18.2 Å². The van der Waals surface area contributed by atoms with Crippen molar-refractivity contribution in [2.24, 2.45) is 5.73 Å². The van der Waals surface area contributed by atoms with E-state index in [0.717, 1.165) is 43.2 Å². The van der Waals surface area contributed by atoms with Gasteiger partial charge in [0.15, 0.2) is 0 Å². The third kappa shape index (κ3) is 8.00. The maximum absolute atomic E-state index is 14.1. The first-order valence-corrected chi connectivity index (χ1v) is 17.0. The number of halogens is 1. The van der Waals surface area contributed by atoms with Crippen LogP contribution >= 0.6 is 11.6 Å². The minimum Gasteiger partial charge on any atom is -0.395 e. The maximum atomic E-state index is 14.1. The molecule has 248 valence electrons. The standard InChI is InChI=1S/C38H50ClN3O4/c1-4-38(20-10-11-21-38)42(23-22-40)35(45)33-15-9-8-12-28(33)17-19-32(44)26-29-16-18-31(39)27-34(29)36(46)41(24-25-43)37(2,3)30-13-6-5-7-14-30/h5-9,12-16,18,27,32,43-44H,4,10-11,17,19-26,40H2,1-3H3. The van der Waals surface area contributed by atoms with Crippen LogP contribution in [-0.4, -0.2) is 69.7 Å². The molecule has 1 aliphatic carbocycles. The number of rotatable bonds is 15. The van der Waals surface area contributed by atoms with Gasteiger partial charge in [-0.2, -0.15) is 0 Å². The average molecular weight is 648 g/mol. The molecule has 4 rings (SSSR count). The summed E-state index contributed by atoms with van der Waals surface area (Å²) in [6.07, 6.45) is 5.53. The van der Waals surface area contributed by atoms with Crippen LogP contribution in [0.25, 0.3) is 0 Å². The van der Waals surface area contributed by atoms with Gasteiger partial charge in [0.25, 0.3) is 11.8 Å². The second-order valence-corrected chi connectivity index (χ2v) is 13.4. The number of aliphatic hydroxyl groups is 2. The van der Waals surface area contributed by atoms with Crippen LogP contribution in [0.4, 0.5) is 0 Å². The Morgan fingerprint density at radius 2 is 1.61 bits per heavy atom. The van der Waals surface area contributed by atoms with Gasteiger partial charge < -0.3 is 25.7 Å². The number of hydrogen-bond donors (Lipinski definition) is 3. The third-order valence-corrected chi connectivity index (χ3v) is 10.1. The molecule has 3 aromatic rings. The monoisotopic (exact) mass is 647 g/mol. The molecule has 3 aromatic carbocycles. The fourth-order valence-electron chi connectivity index (χ4n) is 7.11. The van der Waals surface area contributed by atoms with Crippen molar-refractivity contribution in [3.8, 4) is 0 Å². The van der Waals surface area contributed by atoms with Gasteiger partial charge in [0.2, 0.25) is 0 Å². The van der Waals surface area contributed by atoms with Crippen LogP contribution in [0.2, 0.25) is 5.02 Å². The number of carbonyl (C=O) groups excluding carboxylic acids is 2. The first-order chi connectivity index (χ1) is 22.1. The zero-order valence-corrected chi connectivity index (χ0v) is 28.3. The summed E-state index contributed by atoms with van der Waals surface area (Å²) in [7, 11) is 0. The van der Waals surface area contributed by atoms with E-state index in [-0.39, 0.29) is 36.9 Å². The molecule has 0 radical (unpaired) electrons. The van der Waals surface area contributed by atoms with Crippen LogP contribution in [0.5, 0.6) is 0 Å². The molecule has 0 aromatic heterocycles. The van der Waals surface area contributed by atoms with Crippen molar-refractivity contribution < 1.29 is 19.8 Å². The lowest BCUT2D eigenvalue weighted by atomic mass is 9.89. The predicted molar refractivity (Wildman–Crippen MR) is 185 cm³/mol. The molecule has 0 spiro atoms. The molecule has 7 nitrogen and oxygen atoms in total. The van der Waals surface area contributed by atoms with Gasteiger partial charge in [0.1, 0.15) is 0 Å². The van der Waals surface area contributed by atoms with E-state index >= 15 is 0 Å². The first kappa shape index (κ1) is 35.6. The number of amides is 2. The zero-order valence-electron chi connectivity index (χ0n) is 27.6. The van der Waals surface area contributed by atoms with E-state index in [2.05, 4.69) is 6.92 Å². The Morgan fingerprint density at radius 1 is 0.935 bits per heavy atom. The number of nitrogens with zero attached hydrogens (tertiary/aromatic N) is 2. The molecule has 0 saturated heterocycles. The second-order valence-electron chi connectivity index (χ2n) is 13.0. The Hall–Kier alpha value is -3.23. The van der Waals surface area contributed by atoms with Crippen molar-refractivity contribution >= 4 is 23.4 Å². The van der Waals surface area contributed by atoms with E-state index in [4.69, 9.17) is 17.3 Å². The molecule has 1 unspecified atom stereocenters. The van der Waals surface area contributed by atoms with Gasteiger partial charge >= 0.3 is 0 Å². The molecule has 0 aliphatic heterocycles. The number of hydrogen-bond acceptors (Lipinski definition) is 5. The summed E-state index contributed by atoms with van der Waals surface area (Å²) in [5, 5.41) is 21.6.